The van der Waals surface area contributed by atoms with Crippen LogP contribution < -0.4 is 5.84 Å². The Morgan fingerprint density at radius 2 is 1.79 bits per heavy atom. The first-order valence-electron chi connectivity index (χ1n) is 10.3. The molecule has 5 nitrogen and oxygen atoms in total. The number of rotatable bonds is 4. The number of hydrogen-bond acceptors (Lipinski definition) is 4. The van der Waals surface area contributed by atoms with E-state index in [4.69, 9.17) is 5.84 Å². The molecule has 1 aliphatic carbocycles. The number of hydrazone groups is 1. The molecule has 29 heavy (non-hydrogen) atoms. The number of benzene rings is 2. The third-order valence-electron chi connectivity index (χ3n) is 7.45. The second-order valence-corrected chi connectivity index (χ2v) is 8.70. The minimum absolute atomic E-state index is 0.0388. The van der Waals surface area contributed by atoms with Crippen molar-refractivity contribution in [2.75, 3.05) is 6.54 Å². The highest BCUT2D eigenvalue weighted by atomic mass is 16.4. The Morgan fingerprint density at radius 3 is 2.38 bits per heavy atom. The Labute approximate surface area is 172 Å². The van der Waals surface area contributed by atoms with Crippen LogP contribution in [0.15, 0.2) is 65.8 Å². The normalized spacial score (nSPS) is 33.5. The van der Waals surface area contributed by atoms with Crippen LogP contribution in [0.5, 0.6) is 0 Å². The maximum atomic E-state index is 13.0. The van der Waals surface area contributed by atoms with Crippen LogP contribution in [0, 0.1) is 11.3 Å². The van der Waals surface area contributed by atoms with Crippen LogP contribution in [0.25, 0.3) is 0 Å². The third kappa shape index (κ3) is 2.87. The van der Waals surface area contributed by atoms with Gasteiger partial charge < -0.3 is 10.9 Å². The minimum atomic E-state index is -0.973. The first kappa shape index (κ1) is 19.6. The molecule has 0 spiro atoms. The second-order valence-electron chi connectivity index (χ2n) is 8.70. The number of fused-ring (bicyclic) bond motifs is 1. The molecule has 4 atom stereocenters. The standard InChI is InChI=1S/C24H29N3O2/c1-17-21-20(26-25)13-14-23(2,19-11-7-4-8-12-19)24(21,22(28)29)16-27(17)15-18-9-5-3-6-10-18/h3-12,17,21H,13-16,25H2,1-2H3,(H,28,29). The van der Waals surface area contributed by atoms with Gasteiger partial charge in [0, 0.05) is 36.2 Å². The molecule has 0 radical (unpaired) electrons. The van der Waals surface area contributed by atoms with E-state index in [1.165, 1.54) is 5.56 Å². The van der Waals surface area contributed by atoms with E-state index in [2.05, 4.69) is 48.1 Å². The summed E-state index contributed by atoms with van der Waals surface area (Å²) in [6.07, 6.45) is 1.45. The maximum Gasteiger partial charge on any atom is 0.312 e. The highest BCUT2D eigenvalue weighted by Crippen LogP contribution is 2.59. The molecule has 5 heteroatoms. The van der Waals surface area contributed by atoms with Gasteiger partial charge >= 0.3 is 5.97 Å². The molecule has 4 rings (SSSR count). The number of carbonyl (C=O) groups is 1. The van der Waals surface area contributed by atoms with Crippen LogP contribution in [0.3, 0.4) is 0 Å². The van der Waals surface area contributed by atoms with Crippen molar-refractivity contribution in [1.82, 2.24) is 4.90 Å². The van der Waals surface area contributed by atoms with Gasteiger partial charge in [0.1, 0.15) is 0 Å². The Morgan fingerprint density at radius 1 is 1.17 bits per heavy atom. The number of carboxylic acid groups (broad SMARTS) is 1. The predicted octanol–water partition coefficient (Wildman–Crippen LogP) is 3.64. The molecule has 0 aromatic heterocycles. The van der Waals surface area contributed by atoms with Gasteiger partial charge in [-0.3, -0.25) is 9.69 Å². The summed E-state index contributed by atoms with van der Waals surface area (Å²) in [6, 6.07) is 20.4. The van der Waals surface area contributed by atoms with E-state index in [-0.39, 0.29) is 12.0 Å². The highest BCUT2D eigenvalue weighted by molar-refractivity contribution is 5.96. The Balaban J connectivity index is 1.84. The maximum absolute atomic E-state index is 13.0. The number of nitrogens with two attached hydrogens (primary N) is 1. The summed E-state index contributed by atoms with van der Waals surface area (Å²) in [6.45, 7) is 5.44. The smallest absolute Gasteiger partial charge is 0.312 e. The lowest BCUT2D eigenvalue weighted by Crippen LogP contribution is -2.59. The molecule has 2 aliphatic rings. The molecule has 1 saturated heterocycles. The summed E-state index contributed by atoms with van der Waals surface area (Å²) in [5.41, 5.74) is 1.63. The molecule has 3 N–H and O–H groups in total. The molecule has 1 heterocycles. The first-order chi connectivity index (χ1) is 13.9. The molecule has 1 saturated carbocycles. The van der Waals surface area contributed by atoms with Gasteiger partial charge in [-0.15, -0.1) is 0 Å². The van der Waals surface area contributed by atoms with Gasteiger partial charge in [0.15, 0.2) is 0 Å². The fourth-order valence-corrected chi connectivity index (χ4v) is 5.83. The third-order valence-corrected chi connectivity index (χ3v) is 7.45. The molecule has 2 fully saturated rings. The summed E-state index contributed by atoms with van der Waals surface area (Å²) >= 11 is 0. The van der Waals surface area contributed by atoms with E-state index < -0.39 is 16.8 Å². The van der Waals surface area contributed by atoms with Crippen molar-refractivity contribution in [3.05, 3.63) is 71.8 Å². The van der Waals surface area contributed by atoms with Crippen molar-refractivity contribution in [2.45, 2.75) is 44.7 Å². The summed E-state index contributed by atoms with van der Waals surface area (Å²) < 4.78 is 0. The summed E-state index contributed by atoms with van der Waals surface area (Å²) in [5.74, 6) is 4.81. The van der Waals surface area contributed by atoms with Gasteiger partial charge in [-0.2, -0.15) is 5.10 Å². The van der Waals surface area contributed by atoms with E-state index in [0.29, 0.717) is 6.54 Å². The summed E-state index contributed by atoms with van der Waals surface area (Å²) in [5, 5.41) is 14.8. The molecule has 4 unspecified atom stereocenters. The van der Waals surface area contributed by atoms with Gasteiger partial charge in [0.25, 0.3) is 0 Å². The van der Waals surface area contributed by atoms with Crippen molar-refractivity contribution in [3.63, 3.8) is 0 Å². The topological polar surface area (TPSA) is 78.9 Å². The lowest BCUT2D eigenvalue weighted by atomic mass is 9.49. The first-order valence-corrected chi connectivity index (χ1v) is 10.3. The van der Waals surface area contributed by atoms with E-state index in [0.717, 1.165) is 30.7 Å². The Kier molecular flexibility index (Phi) is 4.95. The van der Waals surface area contributed by atoms with E-state index in [1.54, 1.807) is 0 Å². The van der Waals surface area contributed by atoms with Crippen LogP contribution in [0.2, 0.25) is 0 Å². The zero-order valence-electron chi connectivity index (χ0n) is 17.1. The molecular formula is C24H29N3O2. The molecule has 0 amide bonds. The monoisotopic (exact) mass is 391 g/mol. The van der Waals surface area contributed by atoms with E-state index in [1.807, 2.05) is 36.4 Å². The number of carboxylic acids is 1. The second kappa shape index (κ2) is 7.30. The quantitative estimate of drug-likeness (QED) is 0.616. The van der Waals surface area contributed by atoms with Gasteiger partial charge in [0.05, 0.1) is 5.41 Å². The number of hydrogen-bond donors (Lipinski definition) is 2. The fraction of sp³-hybridized carbons (Fsp3) is 0.417. The molecule has 2 aromatic carbocycles. The molecule has 152 valence electrons. The van der Waals surface area contributed by atoms with E-state index >= 15 is 0 Å². The zero-order valence-corrected chi connectivity index (χ0v) is 17.1. The van der Waals surface area contributed by atoms with Crippen LogP contribution in [0.4, 0.5) is 0 Å². The molecular weight excluding hydrogens is 362 g/mol. The van der Waals surface area contributed by atoms with Gasteiger partial charge in [-0.25, -0.2) is 0 Å². The van der Waals surface area contributed by atoms with E-state index in [9.17, 15) is 9.90 Å². The number of aliphatic carboxylic acids is 1. The van der Waals surface area contributed by atoms with Crippen molar-refractivity contribution < 1.29 is 9.90 Å². The SMILES string of the molecule is CC1C2C(=NN)CCC(C)(c3ccccc3)C2(C(=O)O)CN1Cc1ccccc1. The molecule has 1 aliphatic heterocycles. The highest BCUT2D eigenvalue weighted by Gasteiger charge is 2.68. The average molecular weight is 392 g/mol. The lowest BCUT2D eigenvalue weighted by Gasteiger charge is -2.51. The van der Waals surface area contributed by atoms with Crippen LogP contribution in [-0.4, -0.2) is 34.3 Å². The van der Waals surface area contributed by atoms with Gasteiger partial charge in [-0.05, 0) is 30.9 Å². The van der Waals surface area contributed by atoms with Crippen LogP contribution >= 0.6 is 0 Å². The number of likely N-dealkylation sites (tertiary alicyclic amines) is 1. The molecule has 0 bridgehead atoms. The van der Waals surface area contributed by atoms with Gasteiger partial charge in [-0.1, -0.05) is 67.6 Å². The van der Waals surface area contributed by atoms with Crippen molar-refractivity contribution in [2.24, 2.45) is 22.3 Å². The Hall–Kier alpha value is -2.66. The minimum Gasteiger partial charge on any atom is -0.481 e. The summed E-state index contributed by atoms with van der Waals surface area (Å²) in [4.78, 5) is 15.3. The average Bonchev–Trinajstić information content (AvgIpc) is 3.05. The van der Waals surface area contributed by atoms with Crippen LogP contribution in [0.1, 0.15) is 37.8 Å². The zero-order chi connectivity index (χ0) is 20.6. The predicted molar refractivity (Wildman–Crippen MR) is 115 cm³/mol. The lowest BCUT2D eigenvalue weighted by molar-refractivity contribution is -0.155. The summed E-state index contributed by atoms with van der Waals surface area (Å²) in [7, 11) is 0. The fourth-order valence-electron chi connectivity index (χ4n) is 5.83. The number of nitrogens with zero attached hydrogens (tertiary/aromatic N) is 2. The van der Waals surface area contributed by atoms with Crippen molar-refractivity contribution >= 4 is 11.7 Å². The molecule has 2 aromatic rings. The van der Waals surface area contributed by atoms with Crippen molar-refractivity contribution in [3.8, 4) is 0 Å². The van der Waals surface area contributed by atoms with Gasteiger partial charge in [0.2, 0.25) is 0 Å². The van der Waals surface area contributed by atoms with Crippen molar-refractivity contribution in [1.29, 1.82) is 0 Å². The Bertz CT molecular complexity index is 914. The van der Waals surface area contributed by atoms with Crippen LogP contribution in [-0.2, 0) is 16.8 Å². The largest absolute Gasteiger partial charge is 0.481 e.